The maximum absolute atomic E-state index is 6.18. The molecular formula is C28H33BrClN5. The van der Waals surface area contributed by atoms with Crippen molar-refractivity contribution in [2.75, 3.05) is 25.0 Å². The number of aryl methyl sites for hydroxylation is 1. The van der Waals surface area contributed by atoms with Crippen LogP contribution < -0.4 is 5.32 Å². The third kappa shape index (κ3) is 6.24. The van der Waals surface area contributed by atoms with Crippen LogP contribution in [-0.4, -0.2) is 39.1 Å². The molecule has 0 bridgehead atoms. The minimum Gasteiger partial charge on any atom is -0.370 e. The standard InChI is InChI=1S/C26H27BrClN5.C2H6/c1-18-6-2-3-10-22(18)24-13-25(33-26(31-24)23(27)15-30-33)29-14-20-8-5-11-32(17-20)16-19-7-4-9-21(28)12-19;1-2/h2-4,6-7,9-10,12-13,15,20,29H,5,8,11,14,16-17H2,1H3;1-2H3. The van der Waals surface area contributed by atoms with Crippen LogP contribution in [0.15, 0.2) is 65.3 Å². The summed E-state index contributed by atoms with van der Waals surface area (Å²) in [7, 11) is 0. The van der Waals surface area contributed by atoms with Crippen molar-refractivity contribution in [2.24, 2.45) is 5.92 Å². The molecule has 2 aromatic carbocycles. The van der Waals surface area contributed by atoms with Gasteiger partial charge >= 0.3 is 0 Å². The maximum Gasteiger partial charge on any atom is 0.172 e. The van der Waals surface area contributed by atoms with E-state index in [9.17, 15) is 0 Å². The van der Waals surface area contributed by atoms with Crippen LogP contribution in [-0.2, 0) is 6.54 Å². The van der Waals surface area contributed by atoms with E-state index in [1.54, 1.807) is 0 Å². The lowest BCUT2D eigenvalue weighted by molar-refractivity contribution is 0.173. The minimum absolute atomic E-state index is 0.571. The fourth-order valence-corrected chi connectivity index (χ4v) is 5.23. The fourth-order valence-electron chi connectivity index (χ4n) is 4.66. The van der Waals surface area contributed by atoms with E-state index in [0.29, 0.717) is 5.92 Å². The zero-order valence-corrected chi connectivity index (χ0v) is 23.0. The first-order chi connectivity index (χ1) is 17.1. The maximum atomic E-state index is 6.18. The highest BCUT2D eigenvalue weighted by Crippen LogP contribution is 2.28. The van der Waals surface area contributed by atoms with E-state index >= 15 is 0 Å². The number of nitrogens with zero attached hydrogens (tertiary/aromatic N) is 4. The van der Waals surface area contributed by atoms with Crippen LogP contribution in [0.2, 0.25) is 5.02 Å². The van der Waals surface area contributed by atoms with Crippen molar-refractivity contribution in [1.29, 1.82) is 0 Å². The van der Waals surface area contributed by atoms with Crippen molar-refractivity contribution >= 4 is 39.0 Å². The average Bonchev–Trinajstić information content (AvgIpc) is 3.25. The van der Waals surface area contributed by atoms with Crippen LogP contribution in [0.25, 0.3) is 16.9 Å². The van der Waals surface area contributed by atoms with Crippen molar-refractivity contribution in [3.05, 3.63) is 81.4 Å². The normalized spacial score (nSPS) is 16.1. The molecule has 7 heteroatoms. The Kier molecular flexibility index (Phi) is 8.82. The summed E-state index contributed by atoms with van der Waals surface area (Å²) in [5, 5.41) is 9.03. The highest BCUT2D eigenvalue weighted by Gasteiger charge is 2.21. The summed E-state index contributed by atoms with van der Waals surface area (Å²) < 4.78 is 2.78. The zero-order valence-electron chi connectivity index (χ0n) is 20.6. The molecule has 1 atom stereocenters. The summed E-state index contributed by atoms with van der Waals surface area (Å²) >= 11 is 9.79. The molecule has 5 nitrogen and oxygen atoms in total. The lowest BCUT2D eigenvalue weighted by atomic mass is 9.97. The van der Waals surface area contributed by atoms with E-state index in [1.165, 1.54) is 24.0 Å². The molecule has 1 N–H and O–H groups in total. The smallest absolute Gasteiger partial charge is 0.172 e. The molecule has 1 aliphatic rings. The van der Waals surface area contributed by atoms with Gasteiger partial charge in [0.05, 0.1) is 16.4 Å². The Morgan fingerprint density at radius 1 is 1.11 bits per heavy atom. The number of rotatable bonds is 6. The summed E-state index contributed by atoms with van der Waals surface area (Å²) in [6.07, 6.45) is 4.24. The molecule has 35 heavy (non-hydrogen) atoms. The molecule has 3 heterocycles. The number of anilines is 1. The van der Waals surface area contributed by atoms with E-state index in [4.69, 9.17) is 16.6 Å². The van der Waals surface area contributed by atoms with E-state index in [1.807, 2.05) is 36.7 Å². The van der Waals surface area contributed by atoms with Gasteiger partial charge in [0.1, 0.15) is 5.82 Å². The number of aromatic nitrogens is 3. The molecule has 0 spiro atoms. The van der Waals surface area contributed by atoms with Gasteiger partial charge in [-0.15, -0.1) is 0 Å². The summed E-state index contributed by atoms with van der Waals surface area (Å²) in [4.78, 5) is 7.42. The molecule has 4 aromatic rings. The summed E-state index contributed by atoms with van der Waals surface area (Å²) in [6.45, 7) is 10.2. The van der Waals surface area contributed by atoms with Crippen molar-refractivity contribution in [1.82, 2.24) is 19.5 Å². The van der Waals surface area contributed by atoms with Crippen LogP contribution >= 0.6 is 27.5 Å². The van der Waals surface area contributed by atoms with E-state index in [-0.39, 0.29) is 0 Å². The Labute approximate surface area is 221 Å². The molecule has 0 aliphatic carbocycles. The molecule has 0 amide bonds. The second-order valence-electron chi connectivity index (χ2n) is 8.82. The van der Waals surface area contributed by atoms with Gasteiger partial charge in [-0.2, -0.15) is 9.61 Å². The largest absolute Gasteiger partial charge is 0.370 e. The molecule has 1 saturated heterocycles. The van der Waals surface area contributed by atoms with Crippen molar-refractivity contribution < 1.29 is 0 Å². The number of fused-ring (bicyclic) bond motifs is 1. The van der Waals surface area contributed by atoms with Gasteiger partial charge in [-0.3, -0.25) is 4.90 Å². The molecule has 1 fully saturated rings. The van der Waals surface area contributed by atoms with Gasteiger partial charge in [0.15, 0.2) is 5.65 Å². The molecular weight excluding hydrogens is 522 g/mol. The van der Waals surface area contributed by atoms with E-state index in [2.05, 4.69) is 80.6 Å². The zero-order chi connectivity index (χ0) is 24.8. The molecule has 2 aromatic heterocycles. The van der Waals surface area contributed by atoms with Crippen molar-refractivity contribution in [3.8, 4) is 11.3 Å². The Bertz CT molecular complexity index is 1270. The van der Waals surface area contributed by atoms with Crippen LogP contribution in [0.5, 0.6) is 0 Å². The van der Waals surface area contributed by atoms with Crippen molar-refractivity contribution in [2.45, 2.75) is 40.2 Å². The number of hydrogen-bond donors (Lipinski definition) is 1. The summed E-state index contributed by atoms with van der Waals surface area (Å²) in [5.41, 5.74) is 5.40. The second-order valence-corrected chi connectivity index (χ2v) is 10.1. The van der Waals surface area contributed by atoms with Crippen LogP contribution in [0, 0.1) is 12.8 Å². The first-order valence-corrected chi connectivity index (χ1v) is 13.5. The predicted octanol–water partition coefficient (Wildman–Crippen LogP) is 7.47. The molecule has 1 aliphatic heterocycles. The lowest BCUT2D eigenvalue weighted by Crippen LogP contribution is -2.37. The molecule has 0 saturated carbocycles. The summed E-state index contributed by atoms with van der Waals surface area (Å²) in [6, 6.07) is 18.7. The van der Waals surface area contributed by atoms with E-state index in [0.717, 1.165) is 58.4 Å². The molecule has 5 rings (SSSR count). The topological polar surface area (TPSA) is 45.5 Å². The number of hydrogen-bond acceptors (Lipinski definition) is 4. The quantitative estimate of drug-likeness (QED) is 0.268. The SMILES string of the molecule is CC.Cc1ccccc1-c1cc(NCC2CCCN(Cc3cccc(Cl)c3)C2)n2ncc(Br)c2n1. The Hall–Kier alpha value is -2.41. The fraction of sp³-hybridized carbons (Fsp3) is 0.357. The van der Waals surface area contributed by atoms with Crippen LogP contribution in [0.1, 0.15) is 37.8 Å². The Balaban J connectivity index is 0.00000141. The van der Waals surface area contributed by atoms with Gasteiger partial charge in [0.25, 0.3) is 0 Å². The highest BCUT2D eigenvalue weighted by atomic mass is 79.9. The second kappa shape index (κ2) is 12.0. The number of nitrogens with one attached hydrogen (secondary N) is 1. The third-order valence-electron chi connectivity index (χ3n) is 6.32. The third-order valence-corrected chi connectivity index (χ3v) is 7.11. The molecule has 1 unspecified atom stereocenters. The van der Waals surface area contributed by atoms with Gasteiger partial charge in [0, 0.05) is 36.3 Å². The first kappa shape index (κ1) is 25.7. The van der Waals surface area contributed by atoms with Gasteiger partial charge in [-0.1, -0.05) is 61.8 Å². The molecule has 184 valence electrons. The van der Waals surface area contributed by atoms with Crippen LogP contribution in [0.4, 0.5) is 5.82 Å². The van der Waals surface area contributed by atoms with E-state index < -0.39 is 0 Å². The van der Waals surface area contributed by atoms with Gasteiger partial charge in [-0.25, -0.2) is 4.98 Å². The first-order valence-electron chi connectivity index (χ1n) is 12.4. The van der Waals surface area contributed by atoms with Crippen LogP contribution in [0.3, 0.4) is 0 Å². The number of halogens is 2. The lowest BCUT2D eigenvalue weighted by Gasteiger charge is -2.33. The van der Waals surface area contributed by atoms with Gasteiger partial charge in [-0.05, 0) is 71.4 Å². The molecule has 0 radical (unpaired) electrons. The summed E-state index contributed by atoms with van der Waals surface area (Å²) in [5.74, 6) is 1.54. The Morgan fingerprint density at radius 3 is 2.74 bits per heavy atom. The number of benzene rings is 2. The van der Waals surface area contributed by atoms with Gasteiger partial charge < -0.3 is 5.32 Å². The van der Waals surface area contributed by atoms with Crippen molar-refractivity contribution in [3.63, 3.8) is 0 Å². The number of piperidine rings is 1. The average molecular weight is 555 g/mol. The highest BCUT2D eigenvalue weighted by molar-refractivity contribution is 9.10. The van der Waals surface area contributed by atoms with Gasteiger partial charge in [0.2, 0.25) is 0 Å². The minimum atomic E-state index is 0.571. The number of likely N-dealkylation sites (tertiary alicyclic amines) is 1. The monoisotopic (exact) mass is 553 g/mol. The Morgan fingerprint density at radius 2 is 1.94 bits per heavy atom. The predicted molar refractivity (Wildman–Crippen MR) is 150 cm³/mol.